The van der Waals surface area contributed by atoms with E-state index < -0.39 is 0 Å². The highest BCUT2D eigenvalue weighted by atomic mass is 16.1. The lowest BCUT2D eigenvalue weighted by atomic mass is 9.92. The Morgan fingerprint density at radius 2 is 1.23 bits per heavy atom. The van der Waals surface area contributed by atoms with Crippen molar-refractivity contribution in [3.63, 3.8) is 0 Å². The molecular weight excluding hydrogens is 160 g/mol. The first-order valence-corrected chi connectivity index (χ1v) is 5.44. The first-order chi connectivity index (χ1) is 6.06. The van der Waals surface area contributed by atoms with E-state index >= 15 is 0 Å². The molecule has 0 aromatic rings. The monoisotopic (exact) mass is 183 g/mol. The van der Waals surface area contributed by atoms with Crippen molar-refractivity contribution in [3.05, 3.63) is 0 Å². The SMILES string of the molecule is CC(C)CCC([C]=O)CCC(C)C. The van der Waals surface area contributed by atoms with Crippen LogP contribution >= 0.6 is 0 Å². The van der Waals surface area contributed by atoms with Gasteiger partial charge in [0.2, 0.25) is 6.29 Å². The lowest BCUT2D eigenvalue weighted by Crippen LogP contribution is -2.05. The van der Waals surface area contributed by atoms with E-state index in [1.807, 2.05) is 0 Å². The predicted molar refractivity (Wildman–Crippen MR) is 57.3 cm³/mol. The largest absolute Gasteiger partial charge is 0.291 e. The Balaban J connectivity index is 3.57. The summed E-state index contributed by atoms with van der Waals surface area (Å²) in [5.41, 5.74) is 0. The number of hydrogen-bond donors (Lipinski definition) is 0. The van der Waals surface area contributed by atoms with Crippen molar-refractivity contribution in [3.8, 4) is 0 Å². The maximum Gasteiger partial charge on any atom is 0.201 e. The van der Waals surface area contributed by atoms with Gasteiger partial charge in [0.1, 0.15) is 0 Å². The third-order valence-corrected chi connectivity index (χ3v) is 2.35. The zero-order chi connectivity index (χ0) is 10.3. The second-order valence-corrected chi connectivity index (χ2v) is 4.76. The fraction of sp³-hybridized carbons (Fsp3) is 0.917. The second kappa shape index (κ2) is 7.11. The van der Waals surface area contributed by atoms with Gasteiger partial charge >= 0.3 is 0 Å². The molecular formula is C12H23O. The average Bonchev–Trinajstić information content (AvgIpc) is 2.04. The van der Waals surface area contributed by atoms with Gasteiger partial charge in [-0.15, -0.1) is 0 Å². The van der Waals surface area contributed by atoms with Crippen LogP contribution in [0, 0.1) is 17.8 Å². The summed E-state index contributed by atoms with van der Waals surface area (Å²) in [6.07, 6.45) is 6.51. The van der Waals surface area contributed by atoms with Gasteiger partial charge in [0.05, 0.1) is 0 Å². The van der Waals surface area contributed by atoms with Gasteiger partial charge in [-0.2, -0.15) is 0 Å². The molecule has 0 unspecified atom stereocenters. The Labute approximate surface area is 82.9 Å². The van der Waals surface area contributed by atoms with Gasteiger partial charge in [0, 0.05) is 5.92 Å². The maximum absolute atomic E-state index is 10.6. The summed E-state index contributed by atoms with van der Waals surface area (Å²) < 4.78 is 0. The lowest BCUT2D eigenvalue weighted by Gasteiger charge is -2.12. The van der Waals surface area contributed by atoms with Crippen molar-refractivity contribution < 1.29 is 4.79 Å². The summed E-state index contributed by atoms with van der Waals surface area (Å²) in [5.74, 6) is 1.59. The molecule has 0 saturated carbocycles. The molecule has 0 heterocycles. The van der Waals surface area contributed by atoms with Gasteiger partial charge in [-0.1, -0.05) is 40.5 Å². The molecule has 0 atom stereocenters. The van der Waals surface area contributed by atoms with Crippen LogP contribution in [0.25, 0.3) is 0 Å². The van der Waals surface area contributed by atoms with E-state index in [0.717, 1.165) is 25.7 Å². The highest BCUT2D eigenvalue weighted by molar-refractivity contribution is 5.54. The summed E-state index contributed by atoms with van der Waals surface area (Å²) in [7, 11) is 0. The minimum absolute atomic E-state index is 0.185. The van der Waals surface area contributed by atoms with E-state index in [2.05, 4.69) is 34.0 Å². The Kier molecular flexibility index (Phi) is 6.93. The summed E-state index contributed by atoms with van der Waals surface area (Å²) in [6.45, 7) is 8.79. The zero-order valence-corrected chi connectivity index (χ0v) is 9.47. The summed E-state index contributed by atoms with van der Waals surface area (Å²) in [6, 6.07) is 0. The van der Waals surface area contributed by atoms with Crippen molar-refractivity contribution >= 4 is 6.29 Å². The van der Waals surface area contributed by atoms with Crippen LogP contribution in [-0.4, -0.2) is 6.29 Å². The van der Waals surface area contributed by atoms with Crippen LogP contribution in [0.4, 0.5) is 0 Å². The van der Waals surface area contributed by atoms with Gasteiger partial charge < -0.3 is 0 Å². The van der Waals surface area contributed by atoms with Crippen LogP contribution in [0.5, 0.6) is 0 Å². The number of carbonyl (C=O) groups excluding carboxylic acids is 1. The molecule has 77 valence electrons. The molecule has 1 heteroatoms. The van der Waals surface area contributed by atoms with E-state index in [4.69, 9.17) is 0 Å². The molecule has 0 spiro atoms. The van der Waals surface area contributed by atoms with Crippen molar-refractivity contribution in [1.82, 2.24) is 0 Å². The fourth-order valence-electron chi connectivity index (χ4n) is 1.33. The van der Waals surface area contributed by atoms with Crippen molar-refractivity contribution in [2.75, 3.05) is 0 Å². The standard InChI is InChI=1S/C12H23O/c1-10(2)5-7-12(9-13)8-6-11(3)4/h10-12H,5-8H2,1-4H3. The Bertz CT molecular complexity index is 115. The van der Waals surface area contributed by atoms with Gasteiger partial charge in [-0.3, -0.25) is 4.79 Å². The molecule has 1 radical (unpaired) electrons. The number of rotatable bonds is 7. The first-order valence-electron chi connectivity index (χ1n) is 5.44. The Morgan fingerprint density at radius 1 is 0.846 bits per heavy atom. The summed E-state index contributed by atoms with van der Waals surface area (Å²) in [5, 5.41) is 0. The Hall–Kier alpha value is -0.330. The fourth-order valence-corrected chi connectivity index (χ4v) is 1.33. The predicted octanol–water partition coefficient (Wildman–Crippen LogP) is 3.58. The van der Waals surface area contributed by atoms with E-state index in [0.29, 0.717) is 11.8 Å². The van der Waals surface area contributed by atoms with E-state index in [-0.39, 0.29) is 5.92 Å². The molecule has 0 saturated heterocycles. The van der Waals surface area contributed by atoms with Crippen molar-refractivity contribution in [2.45, 2.75) is 53.4 Å². The molecule has 0 aliphatic heterocycles. The third-order valence-electron chi connectivity index (χ3n) is 2.35. The zero-order valence-electron chi connectivity index (χ0n) is 9.47. The summed E-state index contributed by atoms with van der Waals surface area (Å²) in [4.78, 5) is 10.6. The van der Waals surface area contributed by atoms with Crippen LogP contribution in [0.1, 0.15) is 53.4 Å². The van der Waals surface area contributed by atoms with Gasteiger partial charge in [0.25, 0.3) is 0 Å². The molecule has 0 aliphatic rings. The normalized spacial score (nSPS) is 11.6. The van der Waals surface area contributed by atoms with Crippen LogP contribution < -0.4 is 0 Å². The second-order valence-electron chi connectivity index (χ2n) is 4.76. The molecule has 0 aromatic carbocycles. The van der Waals surface area contributed by atoms with Crippen LogP contribution in [0.2, 0.25) is 0 Å². The molecule has 0 rings (SSSR count). The maximum atomic E-state index is 10.6. The average molecular weight is 183 g/mol. The molecule has 0 aliphatic carbocycles. The van der Waals surface area contributed by atoms with Crippen LogP contribution in [0.3, 0.4) is 0 Å². The highest BCUT2D eigenvalue weighted by Crippen LogP contribution is 2.17. The third kappa shape index (κ3) is 8.01. The molecule has 0 fully saturated rings. The van der Waals surface area contributed by atoms with Gasteiger partial charge in [0.15, 0.2) is 0 Å². The molecule has 0 bridgehead atoms. The highest BCUT2D eigenvalue weighted by Gasteiger charge is 2.09. The first kappa shape index (κ1) is 12.7. The topological polar surface area (TPSA) is 17.1 Å². The molecule has 1 nitrogen and oxygen atoms in total. The minimum atomic E-state index is 0.185. The smallest absolute Gasteiger partial charge is 0.201 e. The number of hydrogen-bond acceptors (Lipinski definition) is 1. The lowest BCUT2D eigenvalue weighted by molar-refractivity contribution is 0.417. The van der Waals surface area contributed by atoms with E-state index in [9.17, 15) is 4.79 Å². The van der Waals surface area contributed by atoms with Crippen LogP contribution in [-0.2, 0) is 4.79 Å². The molecule has 0 amide bonds. The van der Waals surface area contributed by atoms with E-state index in [1.54, 1.807) is 0 Å². The quantitative estimate of drug-likeness (QED) is 0.589. The van der Waals surface area contributed by atoms with Gasteiger partial charge in [-0.25, -0.2) is 0 Å². The molecule has 0 aromatic heterocycles. The van der Waals surface area contributed by atoms with Crippen LogP contribution in [0.15, 0.2) is 0 Å². The molecule has 0 N–H and O–H groups in total. The van der Waals surface area contributed by atoms with Crippen molar-refractivity contribution in [2.24, 2.45) is 17.8 Å². The minimum Gasteiger partial charge on any atom is -0.291 e. The Morgan fingerprint density at radius 3 is 1.46 bits per heavy atom. The van der Waals surface area contributed by atoms with E-state index in [1.165, 1.54) is 0 Å². The molecule has 13 heavy (non-hydrogen) atoms. The summed E-state index contributed by atoms with van der Waals surface area (Å²) >= 11 is 0. The van der Waals surface area contributed by atoms with Gasteiger partial charge in [-0.05, 0) is 24.7 Å². The van der Waals surface area contributed by atoms with Crippen molar-refractivity contribution in [1.29, 1.82) is 0 Å².